The molecule has 5 aliphatic rings. The molecule has 10 heteroatoms. The third-order valence-electron chi connectivity index (χ3n) is 6.85. The van der Waals surface area contributed by atoms with E-state index in [1.54, 1.807) is 18.2 Å². The Morgan fingerprint density at radius 2 is 1.94 bits per heavy atom. The molecule has 2 heterocycles. The Balaban J connectivity index is 1.08. The van der Waals surface area contributed by atoms with E-state index in [9.17, 15) is 9.59 Å². The number of hydrogen-bond donors (Lipinski definition) is 4. The smallest absolute Gasteiger partial charge is 0.258 e. The highest BCUT2D eigenvalue weighted by molar-refractivity contribution is 6.42. The number of carbonyl (C=O) groups excluding carboxylic acids is 2. The first-order valence-electron chi connectivity index (χ1n) is 10.7. The highest BCUT2D eigenvalue weighted by Gasteiger charge is 2.69. The second-order valence-corrected chi connectivity index (χ2v) is 10.3. The second kappa shape index (κ2) is 7.78. The van der Waals surface area contributed by atoms with Gasteiger partial charge in [0.25, 0.3) is 5.91 Å². The van der Waals surface area contributed by atoms with Crippen molar-refractivity contribution in [2.75, 3.05) is 19.7 Å². The van der Waals surface area contributed by atoms with Crippen molar-refractivity contribution >= 4 is 35.0 Å². The summed E-state index contributed by atoms with van der Waals surface area (Å²) < 4.78 is 5.51. The molecule has 4 N–H and O–H groups in total. The summed E-state index contributed by atoms with van der Waals surface area (Å²) in [6, 6.07) is 5.26. The summed E-state index contributed by atoms with van der Waals surface area (Å²) >= 11 is 11.9. The molecule has 3 aliphatic carbocycles. The zero-order valence-electron chi connectivity index (χ0n) is 17.3. The van der Waals surface area contributed by atoms with Gasteiger partial charge in [-0.3, -0.25) is 15.0 Å². The largest absolute Gasteiger partial charge is 0.484 e. The maximum atomic E-state index is 13.0. The van der Waals surface area contributed by atoms with Gasteiger partial charge in [-0.15, -0.1) is 0 Å². The molecule has 3 unspecified atom stereocenters. The number of halogens is 2. The van der Waals surface area contributed by atoms with Crippen molar-refractivity contribution in [1.29, 1.82) is 0 Å². The molecule has 0 aromatic heterocycles. The standard InChI is InChI=1S/C21H27Cl2N5O3/c1-12-6-16-18(24-4-5-28(16)27-12)19(30)26-21-9-20(10-21,11-21)25-17(29)8-31-13-2-3-14(22)15(23)7-13/h2-3,7,12,16,18,24,27H,4-6,8-11H2,1H3,(H,25,29)(H,26,30). The van der Waals surface area contributed by atoms with Crippen LogP contribution in [0, 0.1) is 0 Å². The van der Waals surface area contributed by atoms with Crippen molar-refractivity contribution in [1.82, 2.24) is 26.4 Å². The lowest BCUT2D eigenvalue weighted by molar-refractivity contribution is -0.152. The van der Waals surface area contributed by atoms with Gasteiger partial charge >= 0.3 is 0 Å². The van der Waals surface area contributed by atoms with Gasteiger partial charge in [0.2, 0.25) is 5.91 Å². The topological polar surface area (TPSA) is 94.7 Å². The summed E-state index contributed by atoms with van der Waals surface area (Å²) in [6.07, 6.45) is 3.25. The Kier molecular flexibility index (Phi) is 5.34. The van der Waals surface area contributed by atoms with E-state index >= 15 is 0 Å². The molecule has 2 amide bonds. The van der Waals surface area contributed by atoms with E-state index in [2.05, 4.69) is 33.3 Å². The average Bonchev–Trinajstić information content (AvgIpc) is 3.06. The quantitative estimate of drug-likeness (QED) is 0.502. The molecule has 2 bridgehead atoms. The van der Waals surface area contributed by atoms with Crippen LogP contribution >= 0.6 is 23.2 Å². The van der Waals surface area contributed by atoms with Crippen LogP contribution in [-0.4, -0.2) is 65.7 Å². The summed E-state index contributed by atoms with van der Waals surface area (Å²) in [5.41, 5.74) is 3.03. The molecule has 5 fully saturated rings. The van der Waals surface area contributed by atoms with Crippen LogP contribution in [0.15, 0.2) is 18.2 Å². The lowest BCUT2D eigenvalue weighted by Gasteiger charge is -2.70. The maximum absolute atomic E-state index is 13.0. The van der Waals surface area contributed by atoms with Crippen LogP contribution in [0.25, 0.3) is 0 Å². The Bertz CT molecular complexity index is 893. The SMILES string of the molecule is CC1CC2C(C(=O)NC34CC(NC(=O)COc5ccc(Cl)c(Cl)c5)(C3)C4)NCCN2N1. The van der Waals surface area contributed by atoms with Crippen LogP contribution in [0.4, 0.5) is 0 Å². The fourth-order valence-corrected chi connectivity index (χ4v) is 5.94. The van der Waals surface area contributed by atoms with Crippen LogP contribution < -0.4 is 26.1 Å². The van der Waals surface area contributed by atoms with Gasteiger partial charge in [0.15, 0.2) is 6.61 Å². The van der Waals surface area contributed by atoms with Crippen molar-refractivity contribution in [2.24, 2.45) is 0 Å². The van der Waals surface area contributed by atoms with E-state index in [-0.39, 0.29) is 41.6 Å². The molecular formula is C21H27Cl2N5O3. The van der Waals surface area contributed by atoms with Gasteiger partial charge in [-0.2, -0.15) is 0 Å². The highest BCUT2D eigenvalue weighted by Crippen LogP contribution is 2.60. The van der Waals surface area contributed by atoms with Crippen molar-refractivity contribution in [3.63, 3.8) is 0 Å². The van der Waals surface area contributed by atoms with Crippen LogP contribution in [0.2, 0.25) is 10.0 Å². The van der Waals surface area contributed by atoms with E-state index in [4.69, 9.17) is 27.9 Å². The zero-order chi connectivity index (χ0) is 21.8. The van der Waals surface area contributed by atoms with E-state index in [1.807, 2.05) is 0 Å². The molecule has 2 saturated heterocycles. The first kappa shape index (κ1) is 21.3. The van der Waals surface area contributed by atoms with Gasteiger partial charge in [0.05, 0.1) is 16.1 Å². The number of benzene rings is 1. The summed E-state index contributed by atoms with van der Waals surface area (Å²) in [5.74, 6) is 0.380. The maximum Gasteiger partial charge on any atom is 0.258 e. The van der Waals surface area contributed by atoms with Gasteiger partial charge in [-0.05, 0) is 44.7 Å². The van der Waals surface area contributed by atoms with Crippen LogP contribution in [0.5, 0.6) is 5.75 Å². The van der Waals surface area contributed by atoms with Crippen LogP contribution in [0.1, 0.15) is 32.6 Å². The number of rotatable bonds is 6. The Morgan fingerprint density at radius 3 is 2.68 bits per heavy atom. The predicted molar refractivity (Wildman–Crippen MR) is 117 cm³/mol. The molecule has 2 aliphatic heterocycles. The first-order valence-corrected chi connectivity index (χ1v) is 11.5. The predicted octanol–water partition coefficient (Wildman–Crippen LogP) is 1.22. The van der Waals surface area contributed by atoms with Gasteiger partial charge in [0.1, 0.15) is 11.8 Å². The molecule has 0 spiro atoms. The third kappa shape index (κ3) is 4.00. The number of nitrogens with zero attached hydrogens (tertiary/aromatic N) is 1. The van der Waals surface area contributed by atoms with Gasteiger partial charge in [-0.25, -0.2) is 5.01 Å². The fraction of sp³-hybridized carbons (Fsp3) is 0.619. The minimum Gasteiger partial charge on any atom is -0.484 e. The number of nitrogens with one attached hydrogen (secondary N) is 4. The minimum atomic E-state index is -0.221. The molecule has 1 aromatic rings. The van der Waals surface area contributed by atoms with E-state index < -0.39 is 0 Å². The van der Waals surface area contributed by atoms with Gasteiger partial charge < -0.3 is 20.7 Å². The van der Waals surface area contributed by atoms with E-state index in [0.717, 1.165) is 38.8 Å². The number of fused-ring (bicyclic) bond motifs is 1. The zero-order valence-corrected chi connectivity index (χ0v) is 18.9. The number of carbonyl (C=O) groups is 2. The Labute approximate surface area is 191 Å². The molecule has 3 atom stereocenters. The lowest BCUT2D eigenvalue weighted by atomic mass is 9.44. The number of hydrogen-bond acceptors (Lipinski definition) is 6. The molecule has 3 saturated carbocycles. The Hall–Kier alpha value is -1.58. The molecule has 168 valence electrons. The van der Waals surface area contributed by atoms with Crippen LogP contribution in [-0.2, 0) is 9.59 Å². The van der Waals surface area contributed by atoms with Crippen LogP contribution in [0.3, 0.4) is 0 Å². The second-order valence-electron chi connectivity index (χ2n) is 9.45. The monoisotopic (exact) mass is 467 g/mol. The van der Waals surface area contributed by atoms with Gasteiger partial charge in [-0.1, -0.05) is 23.2 Å². The molecular weight excluding hydrogens is 441 g/mol. The van der Waals surface area contributed by atoms with Crippen molar-refractivity contribution < 1.29 is 14.3 Å². The number of hydrazine groups is 1. The third-order valence-corrected chi connectivity index (χ3v) is 7.59. The Morgan fingerprint density at radius 1 is 1.19 bits per heavy atom. The molecule has 31 heavy (non-hydrogen) atoms. The molecule has 6 rings (SSSR count). The minimum absolute atomic E-state index is 0.0631. The summed E-state index contributed by atoms with van der Waals surface area (Å²) in [6.45, 7) is 3.75. The van der Waals surface area contributed by atoms with E-state index in [1.165, 1.54) is 0 Å². The van der Waals surface area contributed by atoms with Crippen molar-refractivity contribution in [3.05, 3.63) is 28.2 Å². The molecule has 1 aromatic carbocycles. The van der Waals surface area contributed by atoms with Crippen molar-refractivity contribution in [3.8, 4) is 5.75 Å². The lowest BCUT2D eigenvalue weighted by Crippen LogP contribution is -2.84. The summed E-state index contributed by atoms with van der Waals surface area (Å²) in [5, 5.41) is 12.7. The highest BCUT2D eigenvalue weighted by atomic mass is 35.5. The van der Waals surface area contributed by atoms with Gasteiger partial charge in [0, 0.05) is 36.3 Å². The molecule has 0 radical (unpaired) electrons. The number of amides is 2. The normalized spacial score (nSPS) is 36.0. The summed E-state index contributed by atoms with van der Waals surface area (Å²) in [7, 11) is 0. The number of piperazine rings is 1. The van der Waals surface area contributed by atoms with Crippen molar-refractivity contribution in [2.45, 2.75) is 61.8 Å². The first-order chi connectivity index (χ1) is 14.8. The van der Waals surface area contributed by atoms with E-state index in [0.29, 0.717) is 21.8 Å². The summed E-state index contributed by atoms with van der Waals surface area (Å²) in [4.78, 5) is 25.3. The fourth-order valence-electron chi connectivity index (χ4n) is 5.65. The average molecular weight is 468 g/mol. The molecule has 8 nitrogen and oxygen atoms in total. The number of ether oxygens (including phenoxy) is 1.